The number of H-pyrrole nitrogens is 1. The Morgan fingerprint density at radius 2 is 1.79 bits per heavy atom. The second-order valence-electron chi connectivity index (χ2n) is 3.86. The standard InChI is InChI=1S/C12H14N2O4S/c1-14-11(15)6-5-7(16-2)9(17-3)10(18-4)8(6)13-12(14)19/h5H,1-4H3,(H,13,19). The number of hydrogen-bond donors (Lipinski definition) is 1. The van der Waals surface area contributed by atoms with Crippen molar-refractivity contribution in [2.45, 2.75) is 0 Å². The second kappa shape index (κ2) is 4.93. The third-order valence-electron chi connectivity index (χ3n) is 2.90. The van der Waals surface area contributed by atoms with Gasteiger partial charge in [-0.1, -0.05) is 0 Å². The van der Waals surface area contributed by atoms with E-state index in [2.05, 4.69) is 4.98 Å². The third kappa shape index (κ3) is 1.95. The molecule has 0 saturated heterocycles. The third-order valence-corrected chi connectivity index (χ3v) is 3.28. The first-order chi connectivity index (χ1) is 9.04. The highest BCUT2D eigenvalue weighted by molar-refractivity contribution is 7.71. The summed E-state index contributed by atoms with van der Waals surface area (Å²) in [5.41, 5.74) is 0.270. The van der Waals surface area contributed by atoms with Crippen molar-refractivity contribution in [2.24, 2.45) is 7.05 Å². The summed E-state index contributed by atoms with van der Waals surface area (Å²) in [4.78, 5) is 15.2. The molecule has 0 aliphatic heterocycles. The van der Waals surface area contributed by atoms with Crippen LogP contribution in [0, 0.1) is 4.77 Å². The van der Waals surface area contributed by atoms with Crippen molar-refractivity contribution < 1.29 is 14.2 Å². The number of ether oxygens (including phenoxy) is 3. The number of hydrogen-bond acceptors (Lipinski definition) is 5. The van der Waals surface area contributed by atoms with Gasteiger partial charge in [-0.05, 0) is 18.3 Å². The molecular weight excluding hydrogens is 268 g/mol. The Morgan fingerprint density at radius 1 is 1.16 bits per heavy atom. The lowest BCUT2D eigenvalue weighted by atomic mass is 10.2. The second-order valence-corrected chi connectivity index (χ2v) is 4.25. The molecular formula is C12H14N2O4S. The summed E-state index contributed by atoms with van der Waals surface area (Å²) in [6.45, 7) is 0. The summed E-state index contributed by atoms with van der Waals surface area (Å²) in [6.07, 6.45) is 0. The summed E-state index contributed by atoms with van der Waals surface area (Å²) in [5, 5.41) is 0.422. The lowest BCUT2D eigenvalue weighted by molar-refractivity contribution is 0.326. The van der Waals surface area contributed by atoms with Crippen LogP contribution in [0.15, 0.2) is 10.9 Å². The predicted octanol–water partition coefficient (Wildman–Crippen LogP) is 1.62. The lowest BCUT2D eigenvalue weighted by Crippen LogP contribution is -2.19. The van der Waals surface area contributed by atoms with E-state index in [0.29, 0.717) is 32.9 Å². The van der Waals surface area contributed by atoms with Crippen molar-refractivity contribution >= 4 is 23.1 Å². The van der Waals surface area contributed by atoms with Crippen LogP contribution < -0.4 is 19.8 Å². The number of nitrogens with one attached hydrogen (secondary N) is 1. The molecule has 19 heavy (non-hydrogen) atoms. The van der Waals surface area contributed by atoms with E-state index in [9.17, 15) is 4.79 Å². The van der Waals surface area contributed by atoms with Gasteiger partial charge in [-0.25, -0.2) is 0 Å². The maximum absolute atomic E-state index is 12.2. The highest BCUT2D eigenvalue weighted by Gasteiger charge is 2.18. The molecule has 1 N–H and O–H groups in total. The number of nitrogens with zero attached hydrogens (tertiary/aromatic N) is 1. The number of methoxy groups -OCH3 is 3. The van der Waals surface area contributed by atoms with E-state index < -0.39 is 0 Å². The lowest BCUT2D eigenvalue weighted by Gasteiger charge is -2.14. The van der Waals surface area contributed by atoms with Gasteiger partial charge < -0.3 is 19.2 Å². The maximum Gasteiger partial charge on any atom is 0.262 e. The van der Waals surface area contributed by atoms with Crippen LogP contribution in [0.5, 0.6) is 17.2 Å². The van der Waals surface area contributed by atoms with Gasteiger partial charge in [-0.15, -0.1) is 0 Å². The summed E-state index contributed by atoms with van der Waals surface area (Å²) >= 11 is 5.10. The zero-order valence-electron chi connectivity index (χ0n) is 11.1. The maximum atomic E-state index is 12.2. The first-order valence-electron chi connectivity index (χ1n) is 5.47. The highest BCUT2D eigenvalue weighted by atomic mass is 32.1. The van der Waals surface area contributed by atoms with Gasteiger partial charge in [0.25, 0.3) is 5.56 Å². The molecule has 1 aromatic heterocycles. The molecule has 0 spiro atoms. The van der Waals surface area contributed by atoms with E-state index >= 15 is 0 Å². The fourth-order valence-electron chi connectivity index (χ4n) is 1.91. The summed E-state index contributed by atoms with van der Waals surface area (Å²) < 4.78 is 17.5. The molecule has 2 aromatic rings. The number of benzene rings is 1. The van der Waals surface area contributed by atoms with Crippen molar-refractivity contribution in [3.63, 3.8) is 0 Å². The van der Waals surface area contributed by atoms with Crippen LogP contribution in [0.25, 0.3) is 10.9 Å². The Morgan fingerprint density at radius 3 is 2.32 bits per heavy atom. The minimum atomic E-state index is -0.224. The van der Waals surface area contributed by atoms with E-state index in [1.807, 2.05) is 0 Å². The molecule has 0 saturated carbocycles. The average molecular weight is 282 g/mol. The van der Waals surface area contributed by atoms with Crippen molar-refractivity contribution in [1.29, 1.82) is 0 Å². The van der Waals surface area contributed by atoms with E-state index in [1.165, 1.54) is 25.9 Å². The van der Waals surface area contributed by atoms with Crippen molar-refractivity contribution in [3.8, 4) is 17.2 Å². The molecule has 2 rings (SSSR count). The van der Waals surface area contributed by atoms with E-state index in [-0.39, 0.29) is 5.56 Å². The quantitative estimate of drug-likeness (QED) is 0.867. The first kappa shape index (κ1) is 13.4. The molecule has 0 aliphatic carbocycles. The van der Waals surface area contributed by atoms with Gasteiger partial charge >= 0.3 is 0 Å². The number of aromatic amines is 1. The minimum absolute atomic E-state index is 0.224. The topological polar surface area (TPSA) is 65.5 Å². The molecule has 0 fully saturated rings. The molecule has 0 bridgehead atoms. The molecule has 0 radical (unpaired) electrons. The van der Waals surface area contributed by atoms with Crippen LogP contribution in [-0.2, 0) is 7.05 Å². The Kier molecular flexibility index (Phi) is 3.48. The van der Waals surface area contributed by atoms with E-state index in [1.54, 1.807) is 13.1 Å². The van der Waals surface area contributed by atoms with Crippen LogP contribution in [0.1, 0.15) is 0 Å². The molecule has 0 amide bonds. The van der Waals surface area contributed by atoms with Crippen LogP contribution in [0.4, 0.5) is 0 Å². The van der Waals surface area contributed by atoms with Gasteiger partial charge in [0, 0.05) is 7.05 Å². The Balaban J connectivity index is 3.06. The van der Waals surface area contributed by atoms with Gasteiger partial charge in [0.05, 0.1) is 26.7 Å². The SMILES string of the molecule is COc1cc2c(=O)n(C)c(=S)[nH]c2c(OC)c1OC. The molecule has 102 valence electrons. The highest BCUT2D eigenvalue weighted by Crippen LogP contribution is 2.41. The molecule has 1 heterocycles. The van der Waals surface area contributed by atoms with Gasteiger partial charge in [0.15, 0.2) is 16.3 Å². The zero-order chi connectivity index (χ0) is 14.2. The smallest absolute Gasteiger partial charge is 0.262 e. The van der Waals surface area contributed by atoms with Crippen molar-refractivity contribution in [1.82, 2.24) is 9.55 Å². The zero-order valence-corrected chi connectivity index (χ0v) is 11.9. The Labute approximate surface area is 114 Å². The van der Waals surface area contributed by atoms with Gasteiger partial charge in [0.1, 0.15) is 5.52 Å². The molecule has 6 nitrogen and oxygen atoms in total. The van der Waals surface area contributed by atoms with Crippen LogP contribution in [-0.4, -0.2) is 30.9 Å². The molecule has 7 heteroatoms. The molecule has 0 aliphatic rings. The van der Waals surface area contributed by atoms with Gasteiger partial charge in [-0.2, -0.15) is 0 Å². The van der Waals surface area contributed by atoms with Gasteiger partial charge in [0.2, 0.25) is 5.75 Å². The summed E-state index contributed by atoms with van der Waals surface area (Å²) in [5.74, 6) is 1.23. The molecule has 0 unspecified atom stereocenters. The first-order valence-corrected chi connectivity index (χ1v) is 5.88. The normalized spacial score (nSPS) is 10.5. The fourth-order valence-corrected chi connectivity index (χ4v) is 2.10. The van der Waals surface area contributed by atoms with Crippen LogP contribution in [0.2, 0.25) is 0 Å². The summed E-state index contributed by atoms with van der Waals surface area (Å²) in [6, 6.07) is 1.60. The average Bonchev–Trinajstić information content (AvgIpc) is 2.43. The van der Waals surface area contributed by atoms with Crippen LogP contribution >= 0.6 is 12.2 Å². The minimum Gasteiger partial charge on any atom is -0.493 e. The van der Waals surface area contributed by atoms with Crippen LogP contribution in [0.3, 0.4) is 0 Å². The van der Waals surface area contributed by atoms with E-state index in [4.69, 9.17) is 26.4 Å². The molecule has 0 atom stereocenters. The van der Waals surface area contributed by atoms with E-state index in [0.717, 1.165) is 0 Å². The predicted molar refractivity (Wildman–Crippen MR) is 74.0 cm³/mol. The Bertz CT molecular complexity index is 748. The summed E-state index contributed by atoms with van der Waals surface area (Å²) in [7, 11) is 6.09. The monoisotopic (exact) mass is 282 g/mol. The number of rotatable bonds is 3. The largest absolute Gasteiger partial charge is 0.493 e. The molecule has 1 aromatic carbocycles. The number of aromatic nitrogens is 2. The Hall–Kier alpha value is -2.02. The van der Waals surface area contributed by atoms with Gasteiger partial charge in [-0.3, -0.25) is 9.36 Å². The van der Waals surface area contributed by atoms with Crippen molar-refractivity contribution in [3.05, 3.63) is 21.2 Å². The number of fused-ring (bicyclic) bond motifs is 1. The fraction of sp³-hybridized carbons (Fsp3) is 0.333. The van der Waals surface area contributed by atoms with Crippen molar-refractivity contribution in [2.75, 3.05) is 21.3 Å².